The van der Waals surface area contributed by atoms with Crippen LogP contribution in [0, 0.1) is 6.92 Å². The molecule has 3 nitrogen and oxygen atoms in total. The van der Waals surface area contributed by atoms with E-state index in [1.54, 1.807) is 11.5 Å². The summed E-state index contributed by atoms with van der Waals surface area (Å²) in [6.07, 6.45) is 2.13. The Morgan fingerprint density at radius 2 is 1.92 bits per heavy atom. The van der Waals surface area contributed by atoms with Crippen molar-refractivity contribution < 1.29 is 4.57 Å². The molecule has 5 rings (SSSR count). The largest absolute Gasteiger partial charge is 0.247 e. The van der Waals surface area contributed by atoms with Crippen molar-refractivity contribution in [1.29, 1.82) is 0 Å². The molecule has 0 N–H and O–H groups in total. The molecule has 0 saturated heterocycles. The Balaban J connectivity index is 2.00. The first kappa shape index (κ1) is 13.7. The van der Waals surface area contributed by atoms with Crippen LogP contribution in [0.2, 0.25) is 0 Å². The Hall–Kier alpha value is -2.72. The Morgan fingerprint density at radius 1 is 1.04 bits per heavy atom. The number of aryl methyl sites for hydroxylation is 2. The molecule has 0 fully saturated rings. The summed E-state index contributed by atoms with van der Waals surface area (Å²) in [4.78, 5) is 4.92. The summed E-state index contributed by atoms with van der Waals surface area (Å²) in [5.41, 5.74) is 6.97. The second kappa shape index (κ2) is 4.89. The van der Waals surface area contributed by atoms with Gasteiger partial charge in [0.05, 0.1) is 16.5 Å². The Bertz CT molecular complexity index is 1230. The molecule has 0 aliphatic rings. The average molecular weight is 330 g/mol. The second-order valence-electron chi connectivity index (χ2n) is 6.16. The zero-order valence-corrected chi connectivity index (χ0v) is 14.3. The quantitative estimate of drug-likeness (QED) is 0.415. The van der Waals surface area contributed by atoms with Crippen LogP contribution < -0.4 is 4.57 Å². The Labute approximate surface area is 143 Å². The van der Waals surface area contributed by atoms with Gasteiger partial charge in [-0.25, -0.2) is 13.3 Å². The molecular formula is C20H16N3S+. The van der Waals surface area contributed by atoms with E-state index in [0.717, 1.165) is 11.2 Å². The van der Waals surface area contributed by atoms with E-state index >= 15 is 0 Å². The number of aromatic nitrogens is 3. The van der Waals surface area contributed by atoms with E-state index in [-0.39, 0.29) is 0 Å². The number of benzene rings is 2. The van der Waals surface area contributed by atoms with E-state index < -0.39 is 0 Å². The third-order valence-corrected chi connectivity index (χ3v) is 5.54. The minimum absolute atomic E-state index is 1.02. The van der Waals surface area contributed by atoms with Crippen molar-refractivity contribution in [2.24, 2.45) is 7.05 Å². The maximum absolute atomic E-state index is 4.92. The smallest absolute Gasteiger partial charge is 0.222 e. The van der Waals surface area contributed by atoms with Crippen molar-refractivity contribution >= 4 is 39.0 Å². The van der Waals surface area contributed by atoms with E-state index in [1.807, 2.05) is 0 Å². The van der Waals surface area contributed by atoms with Crippen molar-refractivity contribution in [3.05, 3.63) is 65.7 Å². The van der Waals surface area contributed by atoms with Gasteiger partial charge in [0.15, 0.2) is 6.20 Å². The van der Waals surface area contributed by atoms with Crippen molar-refractivity contribution in [3.63, 3.8) is 0 Å². The molecular weight excluding hydrogens is 314 g/mol. The van der Waals surface area contributed by atoms with Gasteiger partial charge in [0.2, 0.25) is 5.69 Å². The predicted molar refractivity (Wildman–Crippen MR) is 99.4 cm³/mol. The number of fused-ring (bicyclic) bond motifs is 4. The van der Waals surface area contributed by atoms with Crippen LogP contribution in [0.25, 0.3) is 38.7 Å². The molecule has 0 spiro atoms. The molecule has 24 heavy (non-hydrogen) atoms. The number of imidazole rings is 1. The summed E-state index contributed by atoms with van der Waals surface area (Å²) in [5.74, 6) is 0. The normalized spacial score (nSPS) is 11.8. The molecule has 0 unspecified atom stereocenters. The number of hydrogen-bond acceptors (Lipinski definition) is 2. The Morgan fingerprint density at radius 3 is 2.83 bits per heavy atom. The lowest BCUT2D eigenvalue weighted by Crippen LogP contribution is -2.30. The van der Waals surface area contributed by atoms with Crippen LogP contribution in [-0.2, 0) is 7.05 Å². The lowest BCUT2D eigenvalue weighted by atomic mass is 9.98. The summed E-state index contributed by atoms with van der Waals surface area (Å²) in [7, 11) is 2.11. The van der Waals surface area contributed by atoms with Gasteiger partial charge < -0.3 is 0 Å². The molecule has 5 aromatic rings. The van der Waals surface area contributed by atoms with Crippen molar-refractivity contribution in [2.75, 3.05) is 0 Å². The van der Waals surface area contributed by atoms with Crippen LogP contribution in [-0.4, -0.2) is 8.77 Å². The van der Waals surface area contributed by atoms with Crippen LogP contribution in [0.1, 0.15) is 5.56 Å². The third kappa shape index (κ3) is 1.77. The number of hydrogen-bond donors (Lipinski definition) is 0. The van der Waals surface area contributed by atoms with Crippen molar-refractivity contribution in [2.45, 2.75) is 6.92 Å². The summed E-state index contributed by atoms with van der Waals surface area (Å²) >= 11 is 1.69. The van der Waals surface area contributed by atoms with Gasteiger partial charge in [-0.1, -0.05) is 35.8 Å². The van der Waals surface area contributed by atoms with Gasteiger partial charge in [0.25, 0.3) is 0 Å². The molecule has 4 heteroatoms. The fourth-order valence-electron chi connectivity index (χ4n) is 3.53. The minimum atomic E-state index is 1.02. The standard InChI is InChI=1S/C20H16N3S/c1-13-7-8-16-19(21-17-10-12-24-23(16)17)18(13)20-15-6-4-3-5-14(15)9-11-22(20)2/h3-12H,1-2H3/q+1. The maximum atomic E-state index is 4.92. The summed E-state index contributed by atoms with van der Waals surface area (Å²) < 4.78 is 4.40. The van der Waals surface area contributed by atoms with Crippen LogP contribution in [0.4, 0.5) is 0 Å². The highest BCUT2D eigenvalue weighted by Crippen LogP contribution is 2.34. The van der Waals surface area contributed by atoms with Crippen molar-refractivity contribution in [3.8, 4) is 11.3 Å². The number of rotatable bonds is 1. The van der Waals surface area contributed by atoms with E-state index in [2.05, 4.69) is 82.4 Å². The van der Waals surface area contributed by atoms with E-state index in [9.17, 15) is 0 Å². The molecule has 0 radical (unpaired) electrons. The van der Waals surface area contributed by atoms with Gasteiger partial charge in [-0.3, -0.25) is 0 Å². The van der Waals surface area contributed by atoms with E-state index in [4.69, 9.17) is 4.98 Å². The average Bonchev–Trinajstić information content (AvgIpc) is 3.17. The number of nitrogens with zero attached hydrogens (tertiary/aromatic N) is 3. The minimum Gasteiger partial charge on any atom is -0.247 e. The highest BCUT2D eigenvalue weighted by Gasteiger charge is 2.22. The molecule has 116 valence electrons. The summed E-state index contributed by atoms with van der Waals surface area (Å²) in [5, 5.41) is 4.59. The van der Waals surface area contributed by atoms with Gasteiger partial charge >= 0.3 is 0 Å². The summed E-state index contributed by atoms with van der Waals surface area (Å²) in [6.45, 7) is 2.17. The first-order valence-electron chi connectivity index (χ1n) is 7.97. The van der Waals surface area contributed by atoms with E-state index in [1.165, 1.54) is 33.1 Å². The van der Waals surface area contributed by atoms with Crippen LogP contribution in [0.3, 0.4) is 0 Å². The van der Waals surface area contributed by atoms with E-state index in [0.29, 0.717) is 0 Å². The zero-order valence-electron chi connectivity index (χ0n) is 13.5. The zero-order chi connectivity index (χ0) is 16.3. The molecule has 3 heterocycles. The van der Waals surface area contributed by atoms with Crippen molar-refractivity contribution in [1.82, 2.24) is 8.77 Å². The molecule has 0 amide bonds. The van der Waals surface area contributed by atoms with Crippen LogP contribution >= 0.6 is 11.5 Å². The first-order valence-corrected chi connectivity index (χ1v) is 8.81. The van der Waals surface area contributed by atoms with Gasteiger partial charge in [-0.05, 0) is 36.1 Å². The Kier molecular flexibility index (Phi) is 2.79. The summed E-state index contributed by atoms with van der Waals surface area (Å²) in [6, 6.07) is 17.2. The molecule has 2 aromatic carbocycles. The fraction of sp³-hybridized carbons (Fsp3) is 0.100. The van der Waals surface area contributed by atoms with Crippen LogP contribution in [0.5, 0.6) is 0 Å². The number of pyridine rings is 1. The highest BCUT2D eigenvalue weighted by atomic mass is 32.1. The molecule has 0 aliphatic carbocycles. The topological polar surface area (TPSA) is 21.2 Å². The predicted octanol–water partition coefficient (Wildman–Crippen LogP) is 4.50. The molecule has 0 atom stereocenters. The maximum Gasteiger partial charge on any atom is 0.222 e. The second-order valence-corrected chi connectivity index (χ2v) is 7.01. The molecule has 0 bridgehead atoms. The highest BCUT2D eigenvalue weighted by molar-refractivity contribution is 7.05. The van der Waals surface area contributed by atoms with Crippen LogP contribution in [0.15, 0.2) is 60.1 Å². The van der Waals surface area contributed by atoms with Gasteiger partial charge in [0.1, 0.15) is 18.2 Å². The van der Waals surface area contributed by atoms with Gasteiger partial charge in [-0.15, -0.1) is 0 Å². The van der Waals surface area contributed by atoms with Gasteiger partial charge in [-0.2, -0.15) is 0 Å². The monoisotopic (exact) mass is 330 g/mol. The third-order valence-electron chi connectivity index (χ3n) is 4.68. The molecule has 0 aliphatic heterocycles. The molecule has 0 saturated carbocycles. The molecule has 3 aromatic heterocycles. The fourth-order valence-corrected chi connectivity index (χ4v) is 4.31. The first-order chi connectivity index (χ1) is 11.7. The SMILES string of the molecule is Cc1ccc2c(nc3ccsn32)c1-c1c2ccccc2cc[n+]1C. The lowest BCUT2D eigenvalue weighted by Gasteiger charge is -2.08. The van der Waals surface area contributed by atoms with Gasteiger partial charge in [0, 0.05) is 11.4 Å². The lowest BCUT2D eigenvalue weighted by molar-refractivity contribution is -0.659.